The van der Waals surface area contributed by atoms with Crippen molar-refractivity contribution in [2.45, 2.75) is 95.9 Å². The van der Waals surface area contributed by atoms with Crippen LogP contribution in [0.5, 0.6) is 0 Å². The van der Waals surface area contributed by atoms with E-state index in [9.17, 15) is 27.9 Å². The van der Waals surface area contributed by atoms with Crippen LogP contribution in [-0.2, 0) is 33.6 Å². The number of rotatable bonds is 12. The lowest BCUT2D eigenvalue weighted by Gasteiger charge is -2.35. The average molecular weight is 485 g/mol. The number of alkyl halides is 3. The Balaban J connectivity index is 1.34. The fraction of sp³-hybridized carbons (Fsp3) is 0.720. The molecule has 0 aliphatic heterocycles. The van der Waals surface area contributed by atoms with Gasteiger partial charge in [0.2, 0.25) is 5.91 Å². The maximum Gasteiger partial charge on any atom is 0.389 e. The summed E-state index contributed by atoms with van der Waals surface area (Å²) in [7, 11) is 0. The molecule has 0 saturated heterocycles. The van der Waals surface area contributed by atoms with Crippen molar-refractivity contribution in [3.8, 4) is 0 Å². The predicted molar refractivity (Wildman–Crippen MR) is 120 cm³/mol. The molecule has 2 aliphatic rings. The molecule has 1 saturated carbocycles. The number of aryl methyl sites for hydroxylation is 3. The zero-order valence-corrected chi connectivity index (χ0v) is 19.7. The maximum absolute atomic E-state index is 12.6. The van der Waals surface area contributed by atoms with E-state index in [4.69, 9.17) is 9.72 Å². The van der Waals surface area contributed by atoms with Crippen molar-refractivity contribution in [3.05, 3.63) is 29.1 Å². The Bertz CT molecular complexity index is 840. The summed E-state index contributed by atoms with van der Waals surface area (Å²) in [6.07, 6.45) is 2.76. The van der Waals surface area contributed by atoms with E-state index in [0.717, 1.165) is 44.2 Å². The minimum atomic E-state index is -4.48. The molecule has 0 bridgehead atoms. The van der Waals surface area contributed by atoms with Gasteiger partial charge in [0.25, 0.3) is 0 Å². The Labute approximate surface area is 198 Å². The highest BCUT2D eigenvalue weighted by Crippen LogP contribution is 2.34. The number of carboxylic acids is 1. The van der Waals surface area contributed by atoms with Gasteiger partial charge in [0.15, 0.2) is 0 Å². The van der Waals surface area contributed by atoms with Crippen LogP contribution in [0.3, 0.4) is 0 Å². The third-order valence-electron chi connectivity index (χ3n) is 6.95. The highest BCUT2D eigenvalue weighted by Gasteiger charge is 2.36. The summed E-state index contributed by atoms with van der Waals surface area (Å²) < 4.78 is 43.6. The lowest BCUT2D eigenvalue weighted by atomic mass is 9.79. The minimum Gasteiger partial charge on any atom is -0.480 e. The second-order valence-corrected chi connectivity index (χ2v) is 9.60. The van der Waals surface area contributed by atoms with Crippen molar-refractivity contribution in [3.63, 3.8) is 0 Å². The van der Waals surface area contributed by atoms with E-state index in [1.165, 1.54) is 31.0 Å². The number of pyridine rings is 1. The van der Waals surface area contributed by atoms with Gasteiger partial charge in [0, 0.05) is 30.3 Å². The maximum atomic E-state index is 12.6. The van der Waals surface area contributed by atoms with Crippen LogP contribution in [0.25, 0.3) is 0 Å². The SMILES string of the molecule is CCC(CC(F)(F)F)C(=O)NC(CCOC1CC(CCc2ccc3c(n2)CCCC3)C1)C(=O)O. The molecule has 0 radical (unpaired) electrons. The Hall–Kier alpha value is -2.16. The second kappa shape index (κ2) is 12.0. The molecular weight excluding hydrogens is 449 g/mol. The van der Waals surface area contributed by atoms with Gasteiger partial charge in [-0.2, -0.15) is 13.2 Å². The van der Waals surface area contributed by atoms with Gasteiger partial charge in [0.1, 0.15) is 6.04 Å². The first-order valence-electron chi connectivity index (χ1n) is 12.3. The number of hydrogen-bond donors (Lipinski definition) is 2. The van der Waals surface area contributed by atoms with Crippen LogP contribution in [0.2, 0.25) is 0 Å². The number of aliphatic carboxylic acids is 1. The van der Waals surface area contributed by atoms with Crippen molar-refractivity contribution < 1.29 is 32.6 Å². The molecule has 3 rings (SSSR count). The van der Waals surface area contributed by atoms with Crippen LogP contribution in [0.15, 0.2) is 12.1 Å². The van der Waals surface area contributed by atoms with Crippen LogP contribution in [0, 0.1) is 11.8 Å². The van der Waals surface area contributed by atoms with Crippen LogP contribution < -0.4 is 5.32 Å². The number of nitrogens with one attached hydrogen (secondary N) is 1. The monoisotopic (exact) mass is 484 g/mol. The minimum absolute atomic E-state index is 0.0153. The Kier molecular flexibility index (Phi) is 9.33. The van der Waals surface area contributed by atoms with Crippen molar-refractivity contribution >= 4 is 11.9 Å². The molecule has 1 amide bonds. The molecule has 2 aliphatic carbocycles. The third-order valence-corrected chi connectivity index (χ3v) is 6.95. The Morgan fingerprint density at radius 1 is 1.24 bits per heavy atom. The number of carbonyl (C=O) groups is 2. The van der Waals surface area contributed by atoms with Crippen molar-refractivity contribution in [1.29, 1.82) is 0 Å². The first-order valence-corrected chi connectivity index (χ1v) is 12.3. The van der Waals surface area contributed by atoms with Crippen LogP contribution >= 0.6 is 0 Å². The summed E-state index contributed by atoms with van der Waals surface area (Å²) in [6.45, 7) is 1.61. The number of hydrogen-bond acceptors (Lipinski definition) is 4. The quantitative estimate of drug-likeness (QED) is 0.452. The number of fused-ring (bicyclic) bond motifs is 1. The first-order chi connectivity index (χ1) is 16.1. The topological polar surface area (TPSA) is 88.5 Å². The fourth-order valence-corrected chi connectivity index (χ4v) is 4.77. The summed E-state index contributed by atoms with van der Waals surface area (Å²) in [5.41, 5.74) is 3.77. The van der Waals surface area contributed by atoms with Crippen LogP contribution in [0.4, 0.5) is 13.2 Å². The molecule has 1 aromatic rings. The summed E-state index contributed by atoms with van der Waals surface area (Å²) in [6, 6.07) is 3.09. The molecule has 9 heteroatoms. The van der Waals surface area contributed by atoms with E-state index in [1.54, 1.807) is 0 Å². The van der Waals surface area contributed by atoms with E-state index in [1.807, 2.05) is 0 Å². The van der Waals surface area contributed by atoms with Gasteiger partial charge in [-0.05, 0) is 75.3 Å². The first kappa shape index (κ1) is 26.4. The van der Waals surface area contributed by atoms with Gasteiger partial charge in [-0.1, -0.05) is 13.0 Å². The van der Waals surface area contributed by atoms with Gasteiger partial charge in [0.05, 0.1) is 12.5 Å². The zero-order valence-electron chi connectivity index (χ0n) is 19.7. The molecule has 1 fully saturated rings. The van der Waals surface area contributed by atoms with Crippen molar-refractivity contribution in [2.24, 2.45) is 11.8 Å². The van der Waals surface area contributed by atoms with Gasteiger partial charge < -0.3 is 15.2 Å². The standard InChI is InChI=1S/C25H35F3N2O4/c1-2-17(15-25(26,27)28)23(31)30-22(24(32)33)11-12-34-20-13-16(14-20)7-9-19-10-8-18-5-3-4-6-21(18)29-19/h8,10,16-17,20,22H,2-7,9,11-15H2,1H3,(H,30,31)(H,32,33). The average Bonchev–Trinajstić information content (AvgIpc) is 2.76. The normalized spacial score (nSPS) is 21.8. The van der Waals surface area contributed by atoms with E-state index in [-0.39, 0.29) is 25.6 Å². The number of carboxylic acid groups (broad SMARTS) is 1. The number of amides is 1. The summed E-state index contributed by atoms with van der Waals surface area (Å²) in [4.78, 5) is 28.4. The number of carbonyl (C=O) groups excluding carboxylic acids is 1. The van der Waals surface area contributed by atoms with Crippen LogP contribution in [-0.4, -0.2) is 46.9 Å². The molecule has 2 N–H and O–H groups in total. The van der Waals surface area contributed by atoms with Gasteiger partial charge in [-0.25, -0.2) is 4.79 Å². The lowest BCUT2D eigenvalue weighted by Crippen LogP contribution is -2.45. The largest absolute Gasteiger partial charge is 0.480 e. The molecule has 34 heavy (non-hydrogen) atoms. The van der Waals surface area contributed by atoms with Crippen molar-refractivity contribution in [2.75, 3.05) is 6.61 Å². The van der Waals surface area contributed by atoms with E-state index >= 15 is 0 Å². The van der Waals surface area contributed by atoms with E-state index < -0.39 is 36.4 Å². The summed E-state index contributed by atoms with van der Waals surface area (Å²) in [5, 5.41) is 11.6. The smallest absolute Gasteiger partial charge is 0.389 e. The molecule has 1 heterocycles. The van der Waals surface area contributed by atoms with Crippen LogP contribution in [0.1, 0.15) is 75.2 Å². The zero-order chi connectivity index (χ0) is 24.7. The van der Waals surface area contributed by atoms with Gasteiger partial charge >= 0.3 is 12.1 Å². The third kappa shape index (κ3) is 7.96. The fourth-order valence-electron chi connectivity index (χ4n) is 4.77. The highest BCUT2D eigenvalue weighted by molar-refractivity contribution is 5.84. The molecule has 2 unspecified atom stereocenters. The van der Waals surface area contributed by atoms with Gasteiger partial charge in [-0.15, -0.1) is 0 Å². The van der Waals surface area contributed by atoms with Gasteiger partial charge in [-0.3, -0.25) is 9.78 Å². The molecule has 6 nitrogen and oxygen atoms in total. The molecule has 0 spiro atoms. The van der Waals surface area contributed by atoms with Crippen molar-refractivity contribution in [1.82, 2.24) is 10.3 Å². The van der Waals surface area contributed by atoms with E-state index in [2.05, 4.69) is 17.4 Å². The second-order valence-electron chi connectivity index (χ2n) is 9.60. The molecule has 2 atom stereocenters. The number of halogens is 3. The highest BCUT2D eigenvalue weighted by atomic mass is 19.4. The lowest BCUT2D eigenvalue weighted by molar-refractivity contribution is -0.156. The Morgan fingerprint density at radius 3 is 2.65 bits per heavy atom. The number of aromatic nitrogens is 1. The number of nitrogens with zero attached hydrogens (tertiary/aromatic N) is 1. The molecule has 0 aromatic carbocycles. The molecule has 1 aromatic heterocycles. The molecule has 190 valence electrons. The molecular formula is C25H35F3N2O4. The predicted octanol–water partition coefficient (Wildman–Crippen LogP) is 4.63. The Morgan fingerprint density at radius 2 is 1.97 bits per heavy atom. The summed E-state index contributed by atoms with van der Waals surface area (Å²) in [5.74, 6) is -2.90. The number of ether oxygens (including phenoxy) is 1. The van der Waals surface area contributed by atoms with E-state index in [0.29, 0.717) is 5.92 Å². The summed E-state index contributed by atoms with van der Waals surface area (Å²) >= 11 is 0.